The van der Waals surface area contributed by atoms with Crippen molar-refractivity contribution in [2.45, 2.75) is 33.5 Å². The molecule has 2 N–H and O–H groups in total. The number of thiocarbonyl (C=S) groups is 1. The smallest absolute Gasteiger partial charge is 0.253 e. The van der Waals surface area contributed by atoms with Crippen LogP contribution in [-0.2, 0) is 19.6 Å². The lowest BCUT2D eigenvalue weighted by molar-refractivity contribution is 0.174. The van der Waals surface area contributed by atoms with Crippen molar-refractivity contribution in [1.29, 1.82) is 0 Å². The van der Waals surface area contributed by atoms with Crippen LogP contribution in [0.4, 0.5) is 0 Å². The van der Waals surface area contributed by atoms with E-state index in [1.54, 1.807) is 0 Å². The minimum Gasteiger partial charge on any atom is -0.454 e. The van der Waals surface area contributed by atoms with Crippen molar-refractivity contribution in [3.8, 4) is 11.5 Å². The molecular formula is C28H27N3O3S. The van der Waals surface area contributed by atoms with E-state index < -0.39 is 0 Å². The Balaban J connectivity index is 1.43. The maximum Gasteiger partial charge on any atom is 0.253 e. The van der Waals surface area contributed by atoms with E-state index in [1.165, 1.54) is 5.56 Å². The maximum absolute atomic E-state index is 13.0. The van der Waals surface area contributed by atoms with Crippen LogP contribution in [0.3, 0.4) is 0 Å². The number of aromatic nitrogens is 1. The van der Waals surface area contributed by atoms with Crippen LogP contribution < -0.4 is 20.3 Å². The molecule has 2 heterocycles. The number of hydrogen-bond acceptors (Lipinski definition) is 4. The van der Waals surface area contributed by atoms with Crippen LogP contribution in [0.15, 0.2) is 71.5 Å². The topological polar surface area (TPSA) is 66.6 Å². The van der Waals surface area contributed by atoms with E-state index in [1.807, 2.05) is 60.4 Å². The van der Waals surface area contributed by atoms with Crippen molar-refractivity contribution >= 4 is 28.2 Å². The molecule has 1 aliphatic heterocycles. The Bertz CT molecular complexity index is 1450. The molecule has 0 saturated carbocycles. The summed E-state index contributed by atoms with van der Waals surface area (Å²) in [5, 5.41) is 4.94. The molecule has 1 aromatic heterocycles. The molecule has 0 atom stereocenters. The molecule has 178 valence electrons. The highest BCUT2D eigenvalue weighted by Gasteiger charge is 2.18. The number of ether oxygens (including phenoxy) is 2. The van der Waals surface area contributed by atoms with Gasteiger partial charge in [-0.25, -0.2) is 0 Å². The van der Waals surface area contributed by atoms with Gasteiger partial charge in [-0.15, -0.1) is 0 Å². The quantitative estimate of drug-likeness (QED) is 0.377. The summed E-state index contributed by atoms with van der Waals surface area (Å²) < 4.78 is 11.0. The highest BCUT2D eigenvalue weighted by atomic mass is 32.1. The van der Waals surface area contributed by atoms with Crippen LogP contribution in [0.25, 0.3) is 10.9 Å². The SMILES string of the molecule is Cc1cc2cc(CN(Cc3ccc4c(c3)OCO4)C(=S)NCc3ccccc3)c(=O)[nH]c2cc1C. The summed E-state index contributed by atoms with van der Waals surface area (Å²) in [6.07, 6.45) is 0. The molecule has 5 rings (SSSR count). The zero-order valence-corrected chi connectivity index (χ0v) is 20.6. The molecule has 0 radical (unpaired) electrons. The van der Waals surface area contributed by atoms with Crippen LogP contribution in [0, 0.1) is 13.8 Å². The Morgan fingerprint density at radius 1 is 0.943 bits per heavy atom. The molecule has 0 bridgehead atoms. The Hall–Kier alpha value is -3.84. The third kappa shape index (κ3) is 5.15. The minimum atomic E-state index is -0.109. The fraction of sp³-hybridized carbons (Fsp3) is 0.214. The van der Waals surface area contributed by atoms with Crippen molar-refractivity contribution in [2.75, 3.05) is 6.79 Å². The van der Waals surface area contributed by atoms with E-state index >= 15 is 0 Å². The number of pyridine rings is 1. The predicted octanol–water partition coefficient (Wildman–Crippen LogP) is 4.95. The first kappa shape index (κ1) is 22.9. The van der Waals surface area contributed by atoms with Crippen molar-refractivity contribution in [2.24, 2.45) is 0 Å². The highest BCUT2D eigenvalue weighted by Crippen LogP contribution is 2.33. The molecule has 1 aliphatic rings. The molecule has 35 heavy (non-hydrogen) atoms. The van der Waals surface area contributed by atoms with Gasteiger partial charge in [-0.05, 0) is 84.0 Å². The van der Waals surface area contributed by atoms with E-state index in [0.29, 0.717) is 30.3 Å². The van der Waals surface area contributed by atoms with E-state index in [-0.39, 0.29) is 12.4 Å². The normalized spacial score (nSPS) is 12.1. The van der Waals surface area contributed by atoms with Crippen molar-refractivity contribution in [3.05, 3.63) is 105 Å². The zero-order chi connectivity index (χ0) is 24.4. The Morgan fingerprint density at radius 2 is 1.71 bits per heavy atom. The highest BCUT2D eigenvalue weighted by molar-refractivity contribution is 7.80. The number of nitrogens with zero attached hydrogens (tertiary/aromatic N) is 1. The van der Waals surface area contributed by atoms with Gasteiger partial charge in [0.2, 0.25) is 6.79 Å². The molecule has 0 fully saturated rings. The molecule has 7 heteroatoms. The van der Waals surface area contributed by atoms with Crippen molar-refractivity contribution in [3.63, 3.8) is 0 Å². The van der Waals surface area contributed by atoms with Crippen LogP contribution in [0.5, 0.6) is 11.5 Å². The van der Waals surface area contributed by atoms with Crippen LogP contribution >= 0.6 is 12.2 Å². The standard InChI is InChI=1S/C28H27N3O3S/c1-18-10-22-13-23(27(32)30-24(22)11-19(18)2)16-31(28(35)29-14-20-6-4-3-5-7-20)15-21-8-9-25-26(12-21)34-17-33-25/h3-13H,14-17H2,1-2H3,(H,29,35)(H,30,32). The molecule has 0 amide bonds. The summed E-state index contributed by atoms with van der Waals surface area (Å²) in [6, 6.07) is 22.1. The molecule has 3 aromatic carbocycles. The average molecular weight is 486 g/mol. The second kappa shape index (κ2) is 9.80. The lowest BCUT2D eigenvalue weighted by atomic mass is 10.0. The van der Waals surface area contributed by atoms with Gasteiger partial charge in [0.05, 0.1) is 6.54 Å². The summed E-state index contributed by atoms with van der Waals surface area (Å²) in [7, 11) is 0. The number of H-pyrrole nitrogens is 1. The Morgan fingerprint density at radius 3 is 2.54 bits per heavy atom. The Kier molecular flexibility index (Phi) is 6.42. The second-order valence-corrected chi connectivity index (χ2v) is 9.22. The van der Waals surface area contributed by atoms with Gasteiger partial charge < -0.3 is 24.7 Å². The fourth-order valence-electron chi connectivity index (χ4n) is 4.19. The molecule has 0 spiro atoms. The first-order valence-electron chi connectivity index (χ1n) is 11.5. The first-order valence-corrected chi connectivity index (χ1v) is 12.0. The lowest BCUT2D eigenvalue weighted by Crippen LogP contribution is -2.39. The largest absolute Gasteiger partial charge is 0.454 e. The number of benzene rings is 3. The van der Waals surface area contributed by atoms with Crippen molar-refractivity contribution < 1.29 is 9.47 Å². The van der Waals surface area contributed by atoms with Gasteiger partial charge in [-0.2, -0.15) is 0 Å². The van der Waals surface area contributed by atoms with Gasteiger partial charge in [0.1, 0.15) is 0 Å². The fourth-order valence-corrected chi connectivity index (χ4v) is 4.39. The summed E-state index contributed by atoms with van der Waals surface area (Å²) in [5.74, 6) is 1.46. The molecule has 6 nitrogen and oxygen atoms in total. The molecule has 0 aliphatic carbocycles. The minimum absolute atomic E-state index is 0.109. The number of rotatable bonds is 6. The van der Waals surface area contributed by atoms with E-state index in [2.05, 4.69) is 35.4 Å². The van der Waals surface area contributed by atoms with E-state index in [0.717, 1.165) is 39.1 Å². The number of aromatic amines is 1. The second-order valence-electron chi connectivity index (χ2n) is 8.84. The number of nitrogens with one attached hydrogen (secondary N) is 2. The third-order valence-corrected chi connectivity index (χ3v) is 6.68. The van der Waals surface area contributed by atoms with Gasteiger partial charge in [0.15, 0.2) is 16.6 Å². The molecule has 0 saturated heterocycles. The van der Waals surface area contributed by atoms with Gasteiger partial charge in [-0.1, -0.05) is 36.4 Å². The van der Waals surface area contributed by atoms with Crippen LogP contribution in [0.2, 0.25) is 0 Å². The van der Waals surface area contributed by atoms with Crippen LogP contribution in [0.1, 0.15) is 27.8 Å². The summed E-state index contributed by atoms with van der Waals surface area (Å²) in [5.41, 5.74) is 5.88. The summed E-state index contributed by atoms with van der Waals surface area (Å²) in [4.78, 5) is 18.0. The number of aryl methyl sites for hydroxylation is 2. The monoisotopic (exact) mass is 485 g/mol. The zero-order valence-electron chi connectivity index (χ0n) is 19.8. The summed E-state index contributed by atoms with van der Waals surface area (Å²) in [6.45, 7) is 5.84. The Labute approximate surface area is 209 Å². The van der Waals surface area contributed by atoms with Gasteiger partial charge >= 0.3 is 0 Å². The molecule has 4 aromatic rings. The number of fused-ring (bicyclic) bond motifs is 2. The maximum atomic E-state index is 13.0. The van der Waals surface area contributed by atoms with Crippen LogP contribution in [-0.4, -0.2) is 21.8 Å². The van der Waals surface area contributed by atoms with Gasteiger partial charge in [-0.3, -0.25) is 4.79 Å². The first-order chi connectivity index (χ1) is 17.0. The predicted molar refractivity (Wildman–Crippen MR) is 142 cm³/mol. The van der Waals surface area contributed by atoms with Crippen molar-refractivity contribution in [1.82, 2.24) is 15.2 Å². The van der Waals surface area contributed by atoms with Gasteiger partial charge in [0, 0.05) is 24.2 Å². The molecule has 0 unspecified atom stereocenters. The lowest BCUT2D eigenvalue weighted by Gasteiger charge is -2.26. The third-order valence-electron chi connectivity index (χ3n) is 6.28. The van der Waals surface area contributed by atoms with Gasteiger partial charge in [0.25, 0.3) is 5.56 Å². The van der Waals surface area contributed by atoms with E-state index in [4.69, 9.17) is 21.7 Å². The summed E-state index contributed by atoms with van der Waals surface area (Å²) >= 11 is 5.80. The number of hydrogen-bond donors (Lipinski definition) is 2. The molecular weight excluding hydrogens is 458 g/mol. The average Bonchev–Trinajstić information content (AvgIpc) is 3.32. The van der Waals surface area contributed by atoms with E-state index in [9.17, 15) is 4.79 Å².